The van der Waals surface area contributed by atoms with Crippen LogP contribution in [0.4, 0.5) is 5.69 Å². The first-order valence-electron chi connectivity index (χ1n) is 7.16. The fourth-order valence-electron chi connectivity index (χ4n) is 2.49. The zero-order valence-electron chi connectivity index (χ0n) is 12.4. The summed E-state index contributed by atoms with van der Waals surface area (Å²) in [6.45, 7) is 6.07. The van der Waals surface area contributed by atoms with Crippen molar-refractivity contribution in [3.8, 4) is 0 Å². The maximum atomic E-state index is 12.5. The van der Waals surface area contributed by atoms with Gasteiger partial charge in [0, 0.05) is 18.7 Å². The topological polar surface area (TPSA) is 49.4 Å². The third kappa shape index (κ3) is 3.00. The van der Waals surface area contributed by atoms with Gasteiger partial charge in [-0.15, -0.1) is 0 Å². The molecule has 4 nitrogen and oxygen atoms in total. The van der Waals surface area contributed by atoms with Gasteiger partial charge in [0.05, 0.1) is 0 Å². The molecular weight excluding hydrogens is 252 g/mol. The Labute approximate surface area is 120 Å². The monoisotopic (exact) mass is 274 g/mol. The molecule has 0 saturated carbocycles. The van der Waals surface area contributed by atoms with E-state index in [1.54, 1.807) is 18.7 Å². The molecule has 0 atom stereocenters. The van der Waals surface area contributed by atoms with Crippen LogP contribution in [0.2, 0.25) is 0 Å². The lowest BCUT2D eigenvalue weighted by atomic mass is 10.0. The van der Waals surface area contributed by atoms with Crippen molar-refractivity contribution in [3.05, 3.63) is 29.8 Å². The highest BCUT2D eigenvalue weighted by molar-refractivity contribution is 6.03. The molecule has 2 amide bonds. The molecule has 0 unspecified atom stereocenters. The van der Waals surface area contributed by atoms with Gasteiger partial charge in [-0.25, -0.2) is 0 Å². The van der Waals surface area contributed by atoms with Gasteiger partial charge in [0.15, 0.2) is 0 Å². The van der Waals surface area contributed by atoms with E-state index in [4.69, 9.17) is 0 Å². The second kappa shape index (κ2) is 5.65. The van der Waals surface area contributed by atoms with Crippen LogP contribution < -0.4 is 10.2 Å². The summed E-state index contributed by atoms with van der Waals surface area (Å²) in [5.41, 5.74) is 1.28. The molecule has 1 aromatic rings. The predicted molar refractivity (Wildman–Crippen MR) is 79.6 cm³/mol. The van der Waals surface area contributed by atoms with Crippen molar-refractivity contribution < 1.29 is 9.59 Å². The lowest BCUT2D eigenvalue weighted by Gasteiger charge is -2.29. The number of aryl methyl sites for hydroxylation is 1. The van der Waals surface area contributed by atoms with E-state index in [1.807, 2.05) is 12.1 Å². The predicted octanol–water partition coefficient (Wildman–Crippen LogP) is 2.27. The van der Waals surface area contributed by atoms with Crippen molar-refractivity contribution in [2.24, 2.45) is 0 Å². The third-order valence-corrected chi connectivity index (χ3v) is 3.58. The average Bonchev–Trinajstić information content (AvgIpc) is 2.49. The van der Waals surface area contributed by atoms with E-state index in [1.165, 1.54) is 5.56 Å². The van der Waals surface area contributed by atoms with Gasteiger partial charge in [0.1, 0.15) is 5.54 Å². The molecule has 1 N–H and O–H groups in total. The number of carbonyl (C=O) groups excluding carboxylic acids is 2. The van der Waals surface area contributed by atoms with Crippen molar-refractivity contribution in [2.45, 2.75) is 45.6 Å². The maximum absolute atomic E-state index is 12.5. The fraction of sp³-hybridized carbons (Fsp3) is 0.500. The van der Waals surface area contributed by atoms with E-state index in [0.29, 0.717) is 13.0 Å². The van der Waals surface area contributed by atoms with Gasteiger partial charge < -0.3 is 10.2 Å². The molecule has 1 saturated heterocycles. The first kappa shape index (κ1) is 14.6. The van der Waals surface area contributed by atoms with Gasteiger partial charge in [-0.3, -0.25) is 9.59 Å². The van der Waals surface area contributed by atoms with Gasteiger partial charge in [-0.1, -0.05) is 25.5 Å². The Morgan fingerprint density at radius 3 is 2.45 bits per heavy atom. The molecule has 1 aliphatic rings. The molecule has 1 aliphatic heterocycles. The molecule has 20 heavy (non-hydrogen) atoms. The van der Waals surface area contributed by atoms with Crippen LogP contribution in [0.25, 0.3) is 0 Å². The van der Waals surface area contributed by atoms with Crippen molar-refractivity contribution in [2.75, 3.05) is 11.4 Å². The zero-order valence-corrected chi connectivity index (χ0v) is 12.4. The summed E-state index contributed by atoms with van der Waals surface area (Å²) in [7, 11) is 0. The van der Waals surface area contributed by atoms with Crippen LogP contribution in [0.15, 0.2) is 24.3 Å². The second-order valence-corrected chi connectivity index (χ2v) is 5.80. The molecule has 0 bridgehead atoms. The van der Waals surface area contributed by atoms with Crippen molar-refractivity contribution in [1.82, 2.24) is 5.32 Å². The molecule has 0 radical (unpaired) electrons. The summed E-state index contributed by atoms with van der Waals surface area (Å²) < 4.78 is 0. The molecule has 108 valence electrons. The summed E-state index contributed by atoms with van der Waals surface area (Å²) >= 11 is 0. The Balaban J connectivity index is 2.25. The van der Waals surface area contributed by atoms with Gasteiger partial charge in [0.25, 0.3) is 5.91 Å². The van der Waals surface area contributed by atoms with Crippen molar-refractivity contribution >= 4 is 17.5 Å². The summed E-state index contributed by atoms with van der Waals surface area (Å²) in [4.78, 5) is 25.9. The first-order valence-corrected chi connectivity index (χ1v) is 7.16. The molecule has 1 aromatic carbocycles. The average molecular weight is 274 g/mol. The molecule has 0 aromatic heterocycles. The summed E-state index contributed by atoms with van der Waals surface area (Å²) in [5, 5.41) is 2.77. The molecular formula is C16H22N2O2. The number of benzene rings is 1. The molecule has 0 aliphatic carbocycles. The third-order valence-electron chi connectivity index (χ3n) is 3.58. The van der Waals surface area contributed by atoms with Gasteiger partial charge in [-0.05, 0) is 38.0 Å². The summed E-state index contributed by atoms with van der Waals surface area (Å²) in [6.07, 6.45) is 2.49. The molecule has 1 fully saturated rings. The Morgan fingerprint density at radius 2 is 1.85 bits per heavy atom. The second-order valence-electron chi connectivity index (χ2n) is 5.80. The van der Waals surface area contributed by atoms with E-state index in [0.717, 1.165) is 18.5 Å². The minimum atomic E-state index is -0.852. The minimum Gasteiger partial charge on any atom is -0.342 e. The Kier molecular flexibility index (Phi) is 4.12. The van der Waals surface area contributed by atoms with E-state index in [9.17, 15) is 9.59 Å². The fourth-order valence-corrected chi connectivity index (χ4v) is 2.49. The van der Waals surface area contributed by atoms with E-state index >= 15 is 0 Å². The van der Waals surface area contributed by atoms with Crippen LogP contribution in [-0.2, 0) is 16.0 Å². The van der Waals surface area contributed by atoms with E-state index in [2.05, 4.69) is 24.4 Å². The van der Waals surface area contributed by atoms with Crippen LogP contribution in [0.3, 0.4) is 0 Å². The molecule has 2 rings (SSSR count). The summed E-state index contributed by atoms with van der Waals surface area (Å²) in [5.74, 6) is -0.139. The standard InChI is InChI=1S/C16H22N2O2/c1-4-5-12-6-8-13(9-7-12)18-11-10-14(19)17-16(2,3)15(18)20/h6-9H,4-5,10-11H2,1-3H3,(H,17,19). The highest BCUT2D eigenvalue weighted by Gasteiger charge is 2.36. The quantitative estimate of drug-likeness (QED) is 0.919. The van der Waals surface area contributed by atoms with Gasteiger partial charge >= 0.3 is 0 Å². The highest BCUT2D eigenvalue weighted by atomic mass is 16.2. The van der Waals surface area contributed by atoms with E-state index < -0.39 is 5.54 Å². The van der Waals surface area contributed by atoms with Crippen LogP contribution in [-0.4, -0.2) is 23.9 Å². The van der Waals surface area contributed by atoms with Crippen LogP contribution in [0.5, 0.6) is 0 Å². The summed E-state index contributed by atoms with van der Waals surface area (Å²) in [6, 6.07) is 8.04. The number of nitrogens with zero attached hydrogens (tertiary/aromatic N) is 1. The number of hydrogen-bond donors (Lipinski definition) is 1. The SMILES string of the molecule is CCCc1ccc(N2CCC(=O)NC(C)(C)C2=O)cc1. The van der Waals surface area contributed by atoms with Crippen LogP contribution >= 0.6 is 0 Å². The van der Waals surface area contributed by atoms with E-state index in [-0.39, 0.29) is 11.8 Å². The van der Waals surface area contributed by atoms with Crippen molar-refractivity contribution in [3.63, 3.8) is 0 Å². The number of carbonyl (C=O) groups is 2. The Hall–Kier alpha value is -1.84. The normalized spacial score (nSPS) is 18.6. The smallest absolute Gasteiger partial charge is 0.252 e. The zero-order chi connectivity index (χ0) is 14.8. The van der Waals surface area contributed by atoms with Crippen LogP contribution in [0, 0.1) is 0 Å². The Morgan fingerprint density at radius 1 is 1.20 bits per heavy atom. The lowest BCUT2D eigenvalue weighted by Crippen LogP contribution is -2.53. The molecule has 0 spiro atoms. The molecule has 4 heteroatoms. The number of amides is 2. The van der Waals surface area contributed by atoms with Crippen LogP contribution in [0.1, 0.15) is 39.2 Å². The lowest BCUT2D eigenvalue weighted by molar-refractivity contribution is -0.128. The Bertz CT molecular complexity index is 506. The number of hydrogen-bond acceptors (Lipinski definition) is 2. The molecule has 1 heterocycles. The highest BCUT2D eigenvalue weighted by Crippen LogP contribution is 2.22. The number of rotatable bonds is 3. The largest absolute Gasteiger partial charge is 0.342 e. The van der Waals surface area contributed by atoms with Gasteiger partial charge in [0.2, 0.25) is 5.91 Å². The van der Waals surface area contributed by atoms with Crippen molar-refractivity contribution in [1.29, 1.82) is 0 Å². The maximum Gasteiger partial charge on any atom is 0.252 e. The minimum absolute atomic E-state index is 0.0633. The van der Waals surface area contributed by atoms with Gasteiger partial charge in [-0.2, -0.15) is 0 Å². The first-order chi connectivity index (χ1) is 9.44. The number of nitrogens with one attached hydrogen (secondary N) is 1. The number of anilines is 1.